The van der Waals surface area contributed by atoms with Crippen molar-refractivity contribution < 1.29 is 13.9 Å². The fraction of sp³-hybridized carbons (Fsp3) is 0.0952. The van der Waals surface area contributed by atoms with Gasteiger partial charge in [0.2, 0.25) is 0 Å². The average Bonchev–Trinajstić information content (AvgIpc) is 3.04. The number of esters is 1. The molecule has 118 valence electrons. The predicted octanol–water partition coefficient (Wildman–Crippen LogP) is 4.11. The normalized spacial score (nSPS) is 10.3. The number of hydrogen-bond donors (Lipinski definition) is 0. The molecule has 0 saturated carbocycles. The van der Waals surface area contributed by atoms with E-state index in [2.05, 4.69) is 17.8 Å². The van der Waals surface area contributed by atoms with Crippen LogP contribution in [0.2, 0.25) is 0 Å². The van der Waals surface area contributed by atoms with Crippen LogP contribution in [0.1, 0.15) is 27.4 Å². The molecule has 2 aromatic rings. The Balaban J connectivity index is 1.83. The van der Waals surface area contributed by atoms with E-state index in [0.29, 0.717) is 17.1 Å². The smallest absolute Gasteiger partial charge is 0.338 e. The third-order valence-corrected chi connectivity index (χ3v) is 3.00. The van der Waals surface area contributed by atoms with Crippen LogP contribution in [0.5, 0.6) is 0 Å². The van der Waals surface area contributed by atoms with Gasteiger partial charge < -0.3 is 9.15 Å². The number of carbonyl (C=O) groups excluding carboxylic acids is 1. The summed E-state index contributed by atoms with van der Waals surface area (Å²) in [7, 11) is 0. The van der Waals surface area contributed by atoms with Gasteiger partial charge in [-0.2, -0.15) is 0 Å². The minimum absolute atomic E-state index is 0.173. The van der Waals surface area contributed by atoms with Crippen molar-refractivity contribution >= 4 is 18.1 Å². The first-order chi connectivity index (χ1) is 11.7. The van der Waals surface area contributed by atoms with Gasteiger partial charge in [0, 0.05) is 0 Å². The maximum Gasteiger partial charge on any atom is 0.338 e. The third kappa shape index (κ3) is 5.40. The lowest BCUT2D eigenvalue weighted by Crippen LogP contribution is -2.04. The van der Waals surface area contributed by atoms with Gasteiger partial charge in [0.1, 0.15) is 18.1 Å². The molecule has 0 atom stereocenters. The van der Waals surface area contributed by atoms with Crippen LogP contribution in [-0.4, -0.2) is 12.6 Å². The second-order valence-electron chi connectivity index (χ2n) is 4.85. The van der Waals surface area contributed by atoms with E-state index in [0.717, 1.165) is 5.56 Å². The Morgan fingerprint density at radius 3 is 2.58 bits per heavy atom. The van der Waals surface area contributed by atoms with Crippen molar-refractivity contribution in [3.05, 3.63) is 71.2 Å². The molecular weight excluding hydrogens is 300 g/mol. The summed E-state index contributed by atoms with van der Waals surface area (Å²) in [5.74, 6) is 8.35. The Labute approximate surface area is 141 Å². The lowest BCUT2D eigenvalue weighted by Gasteiger charge is -2.01. The van der Waals surface area contributed by atoms with Gasteiger partial charge in [0.05, 0.1) is 5.56 Å². The number of furan rings is 1. The van der Waals surface area contributed by atoms with Gasteiger partial charge in [-0.3, -0.25) is 0 Å². The molecule has 1 aromatic heterocycles. The molecule has 3 nitrogen and oxygen atoms in total. The summed E-state index contributed by atoms with van der Waals surface area (Å²) in [5, 5.41) is 0. The number of hydrogen-bond acceptors (Lipinski definition) is 3. The summed E-state index contributed by atoms with van der Waals surface area (Å²) in [5.41, 5.74) is 1.63. The topological polar surface area (TPSA) is 39.4 Å². The second kappa shape index (κ2) is 8.88. The largest absolute Gasteiger partial charge is 0.458 e. The van der Waals surface area contributed by atoms with Crippen molar-refractivity contribution in [2.24, 2.45) is 0 Å². The summed E-state index contributed by atoms with van der Waals surface area (Å²) in [6.07, 6.45) is 11.8. The van der Waals surface area contributed by atoms with Crippen LogP contribution in [0.4, 0.5) is 0 Å². The van der Waals surface area contributed by atoms with Crippen LogP contribution < -0.4 is 0 Å². The summed E-state index contributed by atoms with van der Waals surface area (Å²) >= 11 is 0. The Morgan fingerprint density at radius 1 is 1.17 bits per heavy atom. The van der Waals surface area contributed by atoms with Crippen LogP contribution in [0.15, 0.2) is 53.0 Å². The number of rotatable bonds is 5. The van der Waals surface area contributed by atoms with Crippen LogP contribution >= 0.6 is 0 Å². The minimum Gasteiger partial charge on any atom is -0.458 e. The first-order valence-corrected chi connectivity index (χ1v) is 7.32. The van der Waals surface area contributed by atoms with Gasteiger partial charge in [-0.25, -0.2) is 4.79 Å². The fourth-order valence-corrected chi connectivity index (χ4v) is 1.82. The quantitative estimate of drug-likeness (QED) is 0.615. The molecule has 0 amide bonds. The molecule has 3 heteroatoms. The highest BCUT2D eigenvalue weighted by Gasteiger charge is 2.04. The standard InChI is InChI=1S/C21H16O3/c1-3-4-5-6-8-19-14-15-20(24-19)9-7-16-23-21(22)18-12-10-17(2)11-13-18/h1,6-15H,16H2,2H3/b8-6+,9-7+. The molecule has 0 unspecified atom stereocenters. The summed E-state index contributed by atoms with van der Waals surface area (Å²) in [6, 6.07) is 10.9. The molecule has 0 saturated heterocycles. The van der Waals surface area contributed by atoms with Gasteiger partial charge in [-0.1, -0.05) is 23.6 Å². The zero-order valence-electron chi connectivity index (χ0n) is 13.3. The van der Waals surface area contributed by atoms with E-state index in [9.17, 15) is 4.79 Å². The number of benzene rings is 1. The van der Waals surface area contributed by atoms with Gasteiger partial charge in [-0.15, -0.1) is 6.42 Å². The van der Waals surface area contributed by atoms with Crippen LogP contribution in [-0.2, 0) is 4.74 Å². The van der Waals surface area contributed by atoms with Crippen LogP contribution in [0, 0.1) is 31.1 Å². The van der Waals surface area contributed by atoms with Gasteiger partial charge in [0.25, 0.3) is 0 Å². The average molecular weight is 316 g/mol. The molecule has 0 radical (unpaired) electrons. The molecule has 24 heavy (non-hydrogen) atoms. The van der Waals surface area contributed by atoms with Gasteiger partial charge in [-0.05, 0) is 67.3 Å². The Bertz CT molecular complexity index is 847. The monoisotopic (exact) mass is 316 g/mol. The Hall–Kier alpha value is -3.43. The fourth-order valence-electron chi connectivity index (χ4n) is 1.82. The molecule has 0 bridgehead atoms. The van der Waals surface area contributed by atoms with E-state index in [1.54, 1.807) is 36.4 Å². The highest BCUT2D eigenvalue weighted by atomic mass is 16.5. The summed E-state index contributed by atoms with van der Waals surface area (Å²) in [6.45, 7) is 2.14. The van der Waals surface area contributed by atoms with Gasteiger partial charge >= 0.3 is 5.97 Å². The Morgan fingerprint density at radius 2 is 1.88 bits per heavy atom. The van der Waals surface area contributed by atoms with E-state index in [-0.39, 0.29) is 12.6 Å². The second-order valence-corrected chi connectivity index (χ2v) is 4.85. The molecule has 0 aliphatic heterocycles. The lowest BCUT2D eigenvalue weighted by atomic mass is 10.1. The summed E-state index contributed by atoms with van der Waals surface area (Å²) in [4.78, 5) is 11.8. The number of aryl methyl sites for hydroxylation is 1. The van der Waals surface area contributed by atoms with E-state index < -0.39 is 0 Å². The molecule has 0 aliphatic carbocycles. The highest BCUT2D eigenvalue weighted by Crippen LogP contribution is 2.11. The van der Waals surface area contributed by atoms with E-state index in [4.69, 9.17) is 15.6 Å². The van der Waals surface area contributed by atoms with Crippen molar-refractivity contribution in [1.29, 1.82) is 0 Å². The predicted molar refractivity (Wildman–Crippen MR) is 94.8 cm³/mol. The lowest BCUT2D eigenvalue weighted by molar-refractivity contribution is 0.0550. The molecule has 0 N–H and O–H groups in total. The number of carbonyl (C=O) groups is 1. The number of ether oxygens (including phenoxy) is 1. The first-order valence-electron chi connectivity index (χ1n) is 7.32. The van der Waals surface area contributed by atoms with E-state index >= 15 is 0 Å². The van der Waals surface area contributed by atoms with Gasteiger partial charge in [0.15, 0.2) is 0 Å². The van der Waals surface area contributed by atoms with Crippen molar-refractivity contribution in [3.8, 4) is 24.2 Å². The van der Waals surface area contributed by atoms with E-state index in [1.165, 1.54) is 0 Å². The maximum absolute atomic E-state index is 11.8. The van der Waals surface area contributed by atoms with E-state index in [1.807, 2.05) is 31.2 Å². The number of terminal acetylenes is 1. The van der Waals surface area contributed by atoms with Crippen molar-refractivity contribution in [1.82, 2.24) is 0 Å². The molecule has 0 fully saturated rings. The minimum atomic E-state index is -0.352. The SMILES string of the molecule is C#CC#C/C=C/c1ccc(/C=C/COC(=O)c2ccc(C)cc2)o1. The third-order valence-electron chi connectivity index (χ3n) is 3.00. The summed E-state index contributed by atoms with van der Waals surface area (Å²) < 4.78 is 10.7. The van der Waals surface area contributed by atoms with Crippen molar-refractivity contribution in [2.45, 2.75) is 6.92 Å². The van der Waals surface area contributed by atoms with Crippen LogP contribution in [0.25, 0.3) is 12.2 Å². The number of allylic oxidation sites excluding steroid dienone is 1. The zero-order valence-corrected chi connectivity index (χ0v) is 13.3. The molecule has 2 rings (SSSR count). The molecule has 0 spiro atoms. The molecular formula is C21H16O3. The molecule has 1 aromatic carbocycles. The first kappa shape index (κ1) is 16.9. The molecule has 1 heterocycles. The molecule has 0 aliphatic rings. The Kier molecular flexibility index (Phi) is 6.26. The van der Waals surface area contributed by atoms with Crippen molar-refractivity contribution in [2.75, 3.05) is 6.61 Å². The zero-order chi connectivity index (χ0) is 17.2. The van der Waals surface area contributed by atoms with Crippen LogP contribution in [0.3, 0.4) is 0 Å². The highest BCUT2D eigenvalue weighted by molar-refractivity contribution is 5.89. The maximum atomic E-state index is 11.8. The van der Waals surface area contributed by atoms with Crippen molar-refractivity contribution in [3.63, 3.8) is 0 Å².